The molecule has 0 aliphatic carbocycles. The van der Waals surface area contributed by atoms with Crippen LogP contribution in [0.2, 0.25) is 0 Å². The van der Waals surface area contributed by atoms with Gasteiger partial charge in [-0.2, -0.15) is 5.10 Å². The lowest BCUT2D eigenvalue weighted by Gasteiger charge is -2.05. The van der Waals surface area contributed by atoms with E-state index in [-0.39, 0.29) is 0 Å². The second-order valence-corrected chi connectivity index (χ2v) is 6.95. The van der Waals surface area contributed by atoms with Crippen LogP contribution in [0.4, 0.5) is 5.69 Å². The predicted molar refractivity (Wildman–Crippen MR) is 103 cm³/mol. The Balaban J connectivity index is 2.20. The number of ether oxygens (including phenoxy) is 1. The van der Waals surface area contributed by atoms with E-state index in [1.165, 1.54) is 4.88 Å². The fraction of sp³-hybridized carbons (Fsp3) is 0.222. The minimum Gasteiger partial charge on any atom is -0.494 e. The first kappa shape index (κ1) is 16.7. The Hall–Kier alpha value is -2.18. The van der Waals surface area contributed by atoms with E-state index >= 15 is 0 Å². The van der Waals surface area contributed by atoms with Gasteiger partial charge in [0.1, 0.15) is 11.4 Å². The number of thiophene rings is 1. The van der Waals surface area contributed by atoms with Crippen LogP contribution >= 0.6 is 22.7 Å². The Morgan fingerprint density at radius 2 is 2.00 bits per heavy atom. The number of para-hydroxylation sites is 2. The van der Waals surface area contributed by atoms with Gasteiger partial charge >= 0.3 is 0 Å². The zero-order valence-electron chi connectivity index (χ0n) is 13.9. The monoisotopic (exact) mass is 357 g/mol. The predicted octanol–water partition coefficient (Wildman–Crippen LogP) is 5.15. The third kappa shape index (κ3) is 3.49. The number of hydrogen-bond acceptors (Lipinski definition) is 5. The second-order valence-electron chi connectivity index (χ2n) is 5.17. The highest BCUT2D eigenvalue weighted by Gasteiger charge is 2.10. The van der Waals surface area contributed by atoms with E-state index in [1.807, 2.05) is 35.9 Å². The molecule has 24 heavy (non-hydrogen) atoms. The zero-order valence-corrected chi connectivity index (χ0v) is 15.5. The maximum absolute atomic E-state index is 5.41. The Morgan fingerprint density at radius 3 is 2.71 bits per heavy atom. The van der Waals surface area contributed by atoms with Crippen molar-refractivity contribution in [2.45, 2.75) is 20.3 Å². The summed E-state index contributed by atoms with van der Waals surface area (Å²) in [7, 11) is 1.66. The molecule has 2 aromatic heterocycles. The Labute approximate surface area is 149 Å². The number of benzene rings is 1. The number of aromatic nitrogens is 1. The van der Waals surface area contributed by atoms with Gasteiger partial charge in [0.2, 0.25) is 4.80 Å². The molecule has 0 saturated carbocycles. The zero-order chi connectivity index (χ0) is 16.9. The van der Waals surface area contributed by atoms with Crippen LogP contribution in [-0.4, -0.2) is 17.5 Å². The van der Waals surface area contributed by atoms with Gasteiger partial charge in [-0.05, 0) is 36.9 Å². The molecule has 0 amide bonds. The largest absolute Gasteiger partial charge is 0.494 e. The highest BCUT2D eigenvalue weighted by Crippen LogP contribution is 2.28. The minimum atomic E-state index is 0.756. The van der Waals surface area contributed by atoms with Gasteiger partial charge < -0.3 is 4.74 Å². The summed E-state index contributed by atoms with van der Waals surface area (Å²) in [4.78, 5) is 6.79. The number of hydrogen-bond donors (Lipinski definition) is 0. The Morgan fingerprint density at radius 1 is 1.17 bits per heavy atom. The van der Waals surface area contributed by atoms with Gasteiger partial charge in [-0.1, -0.05) is 25.1 Å². The van der Waals surface area contributed by atoms with Crippen LogP contribution in [0.3, 0.4) is 0 Å². The van der Waals surface area contributed by atoms with Crippen LogP contribution in [0.25, 0.3) is 10.6 Å². The minimum absolute atomic E-state index is 0.756. The van der Waals surface area contributed by atoms with Crippen molar-refractivity contribution in [3.8, 4) is 16.3 Å². The van der Waals surface area contributed by atoms with Crippen molar-refractivity contribution in [3.63, 3.8) is 0 Å². The normalized spacial score (nSPS) is 12.6. The van der Waals surface area contributed by atoms with Gasteiger partial charge in [0.05, 0.1) is 17.7 Å². The van der Waals surface area contributed by atoms with Gasteiger partial charge in [0, 0.05) is 11.1 Å². The Bertz CT molecular complexity index is 904. The maximum Gasteiger partial charge on any atom is 0.211 e. The van der Waals surface area contributed by atoms with E-state index in [1.54, 1.807) is 29.8 Å². The molecule has 3 rings (SSSR count). The van der Waals surface area contributed by atoms with Crippen LogP contribution in [0, 0.1) is 0 Å². The summed E-state index contributed by atoms with van der Waals surface area (Å²) in [5.41, 5.74) is 2.93. The summed E-state index contributed by atoms with van der Waals surface area (Å²) in [5.74, 6) is 0.756. The summed E-state index contributed by atoms with van der Waals surface area (Å²) < 4.78 is 7.34. The van der Waals surface area contributed by atoms with E-state index in [0.717, 1.165) is 34.1 Å². The number of nitrogens with zero attached hydrogens (tertiary/aromatic N) is 3. The molecule has 0 bridgehead atoms. The van der Waals surface area contributed by atoms with Crippen LogP contribution in [-0.2, 0) is 0 Å². The van der Waals surface area contributed by atoms with E-state index in [0.29, 0.717) is 0 Å². The van der Waals surface area contributed by atoms with Crippen molar-refractivity contribution in [2.75, 3.05) is 7.11 Å². The molecular weight excluding hydrogens is 338 g/mol. The third-order valence-electron chi connectivity index (χ3n) is 3.54. The number of methoxy groups -OCH3 is 1. The summed E-state index contributed by atoms with van der Waals surface area (Å²) >= 11 is 3.28. The highest BCUT2D eigenvalue weighted by atomic mass is 32.1. The molecule has 0 fully saturated rings. The van der Waals surface area contributed by atoms with Crippen molar-refractivity contribution in [1.29, 1.82) is 0 Å². The molecule has 2 heterocycles. The molecule has 0 radical (unpaired) electrons. The van der Waals surface area contributed by atoms with Gasteiger partial charge in [0.25, 0.3) is 0 Å². The van der Waals surface area contributed by atoms with Gasteiger partial charge in [-0.25, -0.2) is 9.67 Å². The lowest BCUT2D eigenvalue weighted by molar-refractivity contribution is 0.416. The van der Waals surface area contributed by atoms with E-state index in [4.69, 9.17) is 14.8 Å². The molecular formula is C18H19N3OS2. The average Bonchev–Trinajstić information content (AvgIpc) is 3.26. The molecule has 6 heteroatoms. The molecule has 1 aromatic carbocycles. The molecule has 0 unspecified atom stereocenters. The third-order valence-corrected chi connectivity index (χ3v) is 5.25. The molecule has 124 valence electrons. The summed E-state index contributed by atoms with van der Waals surface area (Å²) in [6.45, 7) is 4.14. The van der Waals surface area contributed by atoms with Crippen molar-refractivity contribution < 1.29 is 4.74 Å². The average molecular weight is 358 g/mol. The van der Waals surface area contributed by atoms with Crippen molar-refractivity contribution in [2.24, 2.45) is 10.1 Å². The number of rotatable bonds is 5. The molecule has 0 spiro atoms. The summed E-state index contributed by atoms with van der Waals surface area (Å²) in [6, 6.07) is 11.9. The number of thiazole rings is 1. The molecule has 0 aliphatic heterocycles. The van der Waals surface area contributed by atoms with Crippen LogP contribution in [0.5, 0.6) is 5.75 Å². The fourth-order valence-corrected chi connectivity index (χ4v) is 3.77. The fourth-order valence-electron chi connectivity index (χ4n) is 2.14. The molecule has 3 aromatic rings. The molecule has 4 nitrogen and oxygen atoms in total. The van der Waals surface area contributed by atoms with Crippen molar-refractivity contribution >= 4 is 34.1 Å². The molecule has 0 aliphatic rings. The molecule has 0 saturated heterocycles. The van der Waals surface area contributed by atoms with Crippen molar-refractivity contribution in [3.05, 3.63) is 52.0 Å². The maximum atomic E-state index is 5.41. The highest BCUT2D eigenvalue weighted by molar-refractivity contribution is 7.14. The first-order chi connectivity index (χ1) is 11.7. The van der Waals surface area contributed by atoms with Gasteiger partial charge in [-0.15, -0.1) is 22.7 Å². The van der Waals surface area contributed by atoms with Crippen molar-refractivity contribution in [1.82, 2.24) is 4.68 Å². The quantitative estimate of drug-likeness (QED) is 0.582. The van der Waals surface area contributed by atoms with E-state index in [2.05, 4.69) is 29.8 Å². The lowest BCUT2D eigenvalue weighted by Crippen LogP contribution is -2.13. The van der Waals surface area contributed by atoms with E-state index < -0.39 is 0 Å². The summed E-state index contributed by atoms with van der Waals surface area (Å²) in [6.07, 6.45) is 0.904. The second kappa shape index (κ2) is 7.59. The Kier molecular flexibility index (Phi) is 5.27. The topological polar surface area (TPSA) is 38.9 Å². The van der Waals surface area contributed by atoms with Gasteiger partial charge in [-0.3, -0.25) is 0 Å². The SMILES string of the molecule is CCC(C)=Nn1c(-c2cccs2)csc1=Nc1ccccc1OC. The van der Waals surface area contributed by atoms with Gasteiger partial charge in [0.15, 0.2) is 0 Å². The molecule has 0 atom stereocenters. The lowest BCUT2D eigenvalue weighted by atomic mass is 10.3. The standard InChI is InChI=1S/C18H19N3OS2/c1-4-13(2)20-21-15(17-10-7-11-23-17)12-24-18(21)19-14-8-5-6-9-16(14)22-3/h5-12H,4H2,1-3H3. The van der Waals surface area contributed by atoms with Crippen LogP contribution in [0.1, 0.15) is 20.3 Å². The smallest absolute Gasteiger partial charge is 0.211 e. The first-order valence-electron chi connectivity index (χ1n) is 7.69. The summed E-state index contributed by atoms with van der Waals surface area (Å²) in [5, 5.41) is 8.94. The van der Waals surface area contributed by atoms with E-state index in [9.17, 15) is 0 Å². The first-order valence-corrected chi connectivity index (χ1v) is 9.45. The van der Waals surface area contributed by atoms with Crippen LogP contribution in [0.15, 0.2) is 57.3 Å². The van der Waals surface area contributed by atoms with Crippen LogP contribution < -0.4 is 9.54 Å². The molecule has 0 N–H and O–H groups in total.